The number of aryl methyl sites for hydroxylation is 1. The molecule has 66 valence electrons. The van der Waals surface area contributed by atoms with Crippen molar-refractivity contribution >= 4 is 0 Å². The highest BCUT2D eigenvalue weighted by Gasteiger charge is 2.08. The zero-order valence-corrected chi connectivity index (χ0v) is 7.27. The Morgan fingerprint density at radius 1 is 1.38 bits per heavy atom. The van der Waals surface area contributed by atoms with Crippen LogP contribution in [0.3, 0.4) is 0 Å². The normalized spacial score (nSPS) is 10.2. The van der Waals surface area contributed by atoms with Crippen molar-refractivity contribution in [3.05, 3.63) is 30.4 Å². The van der Waals surface area contributed by atoms with Crippen LogP contribution in [-0.2, 0) is 6.42 Å². The quantitative estimate of drug-likeness (QED) is 0.697. The van der Waals surface area contributed by atoms with Crippen LogP contribution in [0.2, 0.25) is 0 Å². The Morgan fingerprint density at radius 3 is 3.00 bits per heavy atom. The van der Waals surface area contributed by atoms with Crippen LogP contribution in [0.1, 0.15) is 12.5 Å². The third-order valence-corrected chi connectivity index (χ3v) is 1.83. The van der Waals surface area contributed by atoms with Gasteiger partial charge in [-0.25, -0.2) is 0 Å². The maximum Gasteiger partial charge on any atom is 0.136 e. The molecule has 2 rings (SSSR count). The molecule has 0 saturated heterocycles. The molecule has 0 saturated carbocycles. The van der Waals surface area contributed by atoms with Crippen LogP contribution in [0.5, 0.6) is 0 Å². The average molecular weight is 175 g/mol. The van der Waals surface area contributed by atoms with Crippen LogP contribution in [0.4, 0.5) is 0 Å². The molecule has 2 aromatic heterocycles. The van der Waals surface area contributed by atoms with Crippen molar-refractivity contribution in [1.29, 1.82) is 0 Å². The summed E-state index contributed by atoms with van der Waals surface area (Å²) in [6.45, 7) is 2.05. The van der Waals surface area contributed by atoms with Gasteiger partial charge in [0.1, 0.15) is 17.7 Å². The minimum Gasteiger partial charge on any atom is -0.364 e. The summed E-state index contributed by atoms with van der Waals surface area (Å²) in [6.07, 6.45) is 7.48. The lowest BCUT2D eigenvalue weighted by molar-refractivity contribution is 0.421. The van der Waals surface area contributed by atoms with Gasteiger partial charge in [-0.05, 0) is 6.42 Å². The number of hydrogen-bond donors (Lipinski definition) is 0. The predicted molar refractivity (Wildman–Crippen MR) is 46.9 cm³/mol. The van der Waals surface area contributed by atoms with Gasteiger partial charge in [-0.3, -0.25) is 9.97 Å². The van der Waals surface area contributed by atoms with Crippen molar-refractivity contribution in [3.63, 3.8) is 0 Å². The van der Waals surface area contributed by atoms with E-state index in [0.717, 1.165) is 23.4 Å². The van der Waals surface area contributed by atoms with Crippen LogP contribution >= 0.6 is 0 Å². The van der Waals surface area contributed by atoms with E-state index in [1.807, 2.05) is 6.92 Å². The van der Waals surface area contributed by atoms with Gasteiger partial charge in [0.05, 0.1) is 6.20 Å². The highest BCUT2D eigenvalue weighted by molar-refractivity contribution is 5.56. The smallest absolute Gasteiger partial charge is 0.136 e. The highest BCUT2D eigenvalue weighted by atomic mass is 16.5. The summed E-state index contributed by atoms with van der Waals surface area (Å²) in [5.74, 6) is 0. The maximum absolute atomic E-state index is 4.87. The second kappa shape index (κ2) is 3.35. The van der Waals surface area contributed by atoms with Crippen LogP contribution in [0.25, 0.3) is 11.4 Å². The van der Waals surface area contributed by atoms with Crippen molar-refractivity contribution in [3.8, 4) is 11.4 Å². The molecule has 0 radical (unpaired) electrons. The summed E-state index contributed by atoms with van der Waals surface area (Å²) in [4.78, 5) is 8.12. The monoisotopic (exact) mass is 175 g/mol. The summed E-state index contributed by atoms with van der Waals surface area (Å²) < 4.78 is 4.87. The first-order valence-corrected chi connectivity index (χ1v) is 4.11. The maximum atomic E-state index is 4.87. The van der Waals surface area contributed by atoms with Gasteiger partial charge >= 0.3 is 0 Å². The summed E-state index contributed by atoms with van der Waals surface area (Å²) in [5.41, 5.74) is 2.60. The van der Waals surface area contributed by atoms with Gasteiger partial charge in [0.15, 0.2) is 0 Å². The molecule has 0 aromatic carbocycles. The van der Waals surface area contributed by atoms with Crippen molar-refractivity contribution in [2.24, 2.45) is 0 Å². The van der Waals surface area contributed by atoms with E-state index < -0.39 is 0 Å². The van der Waals surface area contributed by atoms with Crippen LogP contribution in [0, 0.1) is 0 Å². The number of hydrogen-bond acceptors (Lipinski definition) is 4. The second-order valence-corrected chi connectivity index (χ2v) is 2.63. The van der Waals surface area contributed by atoms with E-state index in [1.165, 1.54) is 0 Å². The van der Waals surface area contributed by atoms with Crippen molar-refractivity contribution in [1.82, 2.24) is 15.1 Å². The largest absolute Gasteiger partial charge is 0.364 e. The van der Waals surface area contributed by atoms with E-state index >= 15 is 0 Å². The first kappa shape index (κ1) is 7.91. The molecule has 4 heteroatoms. The number of aromatic nitrogens is 3. The predicted octanol–water partition coefficient (Wildman–Crippen LogP) is 1.69. The fourth-order valence-electron chi connectivity index (χ4n) is 1.14. The number of rotatable bonds is 2. The van der Waals surface area contributed by atoms with E-state index in [4.69, 9.17) is 4.52 Å². The van der Waals surface area contributed by atoms with Crippen molar-refractivity contribution < 1.29 is 4.52 Å². The van der Waals surface area contributed by atoms with E-state index in [2.05, 4.69) is 15.1 Å². The lowest BCUT2D eigenvalue weighted by atomic mass is 10.1. The van der Waals surface area contributed by atoms with Gasteiger partial charge in [-0.1, -0.05) is 12.1 Å². The summed E-state index contributed by atoms with van der Waals surface area (Å²) >= 11 is 0. The Hall–Kier alpha value is -1.71. The van der Waals surface area contributed by atoms with E-state index in [0.29, 0.717) is 0 Å². The minimum absolute atomic E-state index is 0.758. The summed E-state index contributed by atoms with van der Waals surface area (Å²) in [5, 5.41) is 3.88. The lowest BCUT2D eigenvalue weighted by Gasteiger charge is -1.94. The molecule has 13 heavy (non-hydrogen) atoms. The lowest BCUT2D eigenvalue weighted by Crippen LogP contribution is -1.88. The van der Waals surface area contributed by atoms with Gasteiger partial charge in [0, 0.05) is 18.0 Å². The molecule has 0 fully saturated rings. The molecule has 0 atom stereocenters. The van der Waals surface area contributed by atoms with Gasteiger partial charge in [0.2, 0.25) is 0 Å². The zero-order valence-electron chi connectivity index (χ0n) is 7.27. The Kier molecular flexibility index (Phi) is 2.04. The van der Waals surface area contributed by atoms with E-state index in [-0.39, 0.29) is 0 Å². The highest BCUT2D eigenvalue weighted by Crippen LogP contribution is 2.18. The third-order valence-electron chi connectivity index (χ3n) is 1.83. The van der Waals surface area contributed by atoms with Gasteiger partial charge < -0.3 is 4.52 Å². The molecule has 0 aliphatic heterocycles. The van der Waals surface area contributed by atoms with Gasteiger partial charge in [0.25, 0.3) is 0 Å². The Bertz CT molecular complexity index is 383. The van der Waals surface area contributed by atoms with Crippen LogP contribution in [0.15, 0.2) is 29.4 Å². The molecule has 0 aliphatic carbocycles. The molecular weight excluding hydrogens is 166 g/mol. The molecule has 2 aromatic rings. The molecular formula is C9H9N3O. The fourth-order valence-corrected chi connectivity index (χ4v) is 1.14. The van der Waals surface area contributed by atoms with Crippen LogP contribution < -0.4 is 0 Å². The zero-order chi connectivity index (χ0) is 9.10. The SMILES string of the molecule is CCc1conc1-c1cnccn1. The molecule has 0 unspecified atom stereocenters. The Morgan fingerprint density at radius 2 is 2.31 bits per heavy atom. The first-order valence-electron chi connectivity index (χ1n) is 4.11. The first-order chi connectivity index (χ1) is 6.42. The topological polar surface area (TPSA) is 51.8 Å². The number of nitrogens with zero attached hydrogens (tertiary/aromatic N) is 3. The fraction of sp³-hybridized carbons (Fsp3) is 0.222. The van der Waals surface area contributed by atoms with E-state index in [9.17, 15) is 0 Å². The molecule has 0 bridgehead atoms. The molecule has 0 aliphatic rings. The van der Waals surface area contributed by atoms with Crippen LogP contribution in [-0.4, -0.2) is 15.1 Å². The van der Waals surface area contributed by atoms with Crippen molar-refractivity contribution in [2.75, 3.05) is 0 Å². The van der Waals surface area contributed by atoms with Crippen molar-refractivity contribution in [2.45, 2.75) is 13.3 Å². The minimum atomic E-state index is 0.758. The average Bonchev–Trinajstić information content (AvgIpc) is 2.67. The Balaban J connectivity index is 2.47. The third kappa shape index (κ3) is 1.42. The summed E-state index contributed by atoms with van der Waals surface area (Å²) in [6, 6.07) is 0. The molecule has 0 spiro atoms. The van der Waals surface area contributed by atoms with Gasteiger partial charge in [-0.15, -0.1) is 0 Å². The standard InChI is InChI=1S/C9H9N3O/c1-2-7-6-13-12-9(7)8-5-10-3-4-11-8/h3-6H,2H2,1H3. The summed E-state index contributed by atoms with van der Waals surface area (Å²) in [7, 11) is 0. The molecule has 0 N–H and O–H groups in total. The molecule has 2 heterocycles. The van der Waals surface area contributed by atoms with Gasteiger partial charge in [-0.2, -0.15) is 0 Å². The van der Waals surface area contributed by atoms with E-state index in [1.54, 1.807) is 24.9 Å². The second-order valence-electron chi connectivity index (χ2n) is 2.63. The molecule has 4 nitrogen and oxygen atoms in total. The Labute approximate surface area is 75.6 Å². The molecule has 0 amide bonds.